The summed E-state index contributed by atoms with van der Waals surface area (Å²) in [4.78, 5) is 4.51. The molecule has 0 N–H and O–H groups in total. The Hall–Kier alpha value is -1.14. The molecular weight excluding hydrogens is 361 g/mol. The normalized spacial score (nSPS) is 11.1. The van der Waals surface area contributed by atoms with Crippen molar-refractivity contribution >= 4 is 45.0 Å². The van der Waals surface area contributed by atoms with Crippen LogP contribution < -0.4 is 0 Å². The summed E-state index contributed by atoms with van der Waals surface area (Å²) in [6.45, 7) is 0. The number of fused-ring (bicyclic) bond motifs is 1. The number of pyridine rings is 1. The van der Waals surface area contributed by atoms with Crippen LogP contribution in [-0.4, -0.2) is 14.8 Å². The van der Waals surface area contributed by atoms with E-state index in [2.05, 4.69) is 38.7 Å². The first kappa shape index (κ1) is 11.9. The van der Waals surface area contributed by atoms with Gasteiger partial charge in [-0.2, -0.15) is 5.10 Å². The van der Waals surface area contributed by atoms with Crippen LogP contribution in [0.15, 0.2) is 36.8 Å². The number of aromatic nitrogens is 3. The van der Waals surface area contributed by atoms with Gasteiger partial charge in [0.15, 0.2) is 0 Å². The molecule has 0 fully saturated rings. The molecule has 0 saturated carbocycles. The van der Waals surface area contributed by atoms with Crippen LogP contribution >= 0.6 is 34.2 Å². The number of hydrogen-bond acceptors (Lipinski definition) is 2. The van der Waals surface area contributed by atoms with Gasteiger partial charge in [0.1, 0.15) is 0 Å². The second kappa shape index (κ2) is 4.51. The van der Waals surface area contributed by atoms with Crippen LogP contribution in [0.2, 0.25) is 5.02 Å². The summed E-state index contributed by atoms with van der Waals surface area (Å²) in [5.74, 6) is 0. The molecule has 0 saturated heterocycles. The van der Waals surface area contributed by atoms with Crippen LogP contribution in [-0.2, 0) is 7.05 Å². The Bertz CT molecular complexity index is 736. The molecule has 0 aliphatic rings. The third-order valence-corrected chi connectivity index (χ3v) is 4.22. The molecule has 0 amide bonds. The second-order valence-corrected chi connectivity index (χ2v) is 5.51. The van der Waals surface area contributed by atoms with Gasteiger partial charge in [-0.25, -0.2) is 0 Å². The van der Waals surface area contributed by atoms with E-state index in [-0.39, 0.29) is 0 Å². The van der Waals surface area contributed by atoms with Crippen LogP contribution in [0.4, 0.5) is 0 Å². The summed E-state index contributed by atoms with van der Waals surface area (Å²) < 4.78 is 2.87. The molecule has 90 valence electrons. The lowest BCUT2D eigenvalue weighted by molar-refractivity contribution is 0.768. The molecular formula is C13H9ClIN3. The van der Waals surface area contributed by atoms with E-state index in [9.17, 15) is 0 Å². The molecule has 2 heterocycles. The van der Waals surface area contributed by atoms with E-state index in [1.807, 2.05) is 37.8 Å². The van der Waals surface area contributed by atoms with Crippen molar-refractivity contribution in [1.82, 2.24) is 14.8 Å². The quantitative estimate of drug-likeness (QED) is 0.609. The van der Waals surface area contributed by atoms with Crippen molar-refractivity contribution in [2.24, 2.45) is 7.05 Å². The fourth-order valence-electron chi connectivity index (χ4n) is 1.92. The highest BCUT2D eigenvalue weighted by Crippen LogP contribution is 2.32. The lowest BCUT2D eigenvalue weighted by atomic mass is 10.1. The zero-order valence-electron chi connectivity index (χ0n) is 9.56. The predicted molar refractivity (Wildman–Crippen MR) is 81.7 cm³/mol. The highest BCUT2D eigenvalue weighted by atomic mass is 127. The van der Waals surface area contributed by atoms with Gasteiger partial charge >= 0.3 is 0 Å². The lowest BCUT2D eigenvalue weighted by Crippen LogP contribution is -1.90. The third-order valence-electron chi connectivity index (χ3n) is 2.80. The number of nitrogens with zero attached hydrogens (tertiary/aromatic N) is 3. The van der Waals surface area contributed by atoms with Crippen molar-refractivity contribution in [1.29, 1.82) is 0 Å². The van der Waals surface area contributed by atoms with E-state index in [4.69, 9.17) is 11.6 Å². The highest BCUT2D eigenvalue weighted by molar-refractivity contribution is 14.1. The van der Waals surface area contributed by atoms with Crippen LogP contribution in [0.1, 0.15) is 0 Å². The van der Waals surface area contributed by atoms with Crippen LogP contribution in [0, 0.1) is 3.57 Å². The standard InChI is InChI=1S/C13H9ClIN3/c1-18-7-8(5-17-18)13-12(15)9-3-2-4-11(14)10(9)6-16-13/h2-7H,1H3. The van der Waals surface area contributed by atoms with Gasteiger partial charge in [-0.3, -0.25) is 9.67 Å². The van der Waals surface area contributed by atoms with Gasteiger partial charge in [-0.1, -0.05) is 23.7 Å². The van der Waals surface area contributed by atoms with Gasteiger partial charge < -0.3 is 0 Å². The van der Waals surface area contributed by atoms with Gasteiger partial charge in [0.25, 0.3) is 0 Å². The molecule has 18 heavy (non-hydrogen) atoms. The smallest absolute Gasteiger partial charge is 0.0873 e. The van der Waals surface area contributed by atoms with Crippen molar-refractivity contribution in [3.8, 4) is 11.3 Å². The van der Waals surface area contributed by atoms with Crippen molar-refractivity contribution in [3.05, 3.63) is 45.4 Å². The Kier molecular flexibility index (Phi) is 2.99. The zero-order valence-corrected chi connectivity index (χ0v) is 12.5. The monoisotopic (exact) mass is 369 g/mol. The molecule has 0 aliphatic carbocycles. The van der Waals surface area contributed by atoms with Crippen LogP contribution in [0.5, 0.6) is 0 Å². The SMILES string of the molecule is Cn1cc(-c2ncc3c(Cl)cccc3c2I)cn1. The Labute approximate surface area is 123 Å². The largest absolute Gasteiger partial charge is 0.275 e. The molecule has 0 radical (unpaired) electrons. The van der Waals surface area contributed by atoms with Crippen molar-refractivity contribution in [2.75, 3.05) is 0 Å². The Balaban J connectivity index is 2.30. The van der Waals surface area contributed by atoms with E-state index in [0.29, 0.717) is 0 Å². The molecule has 3 rings (SSSR count). The average molecular weight is 370 g/mol. The minimum absolute atomic E-state index is 0.732. The Morgan fingerprint density at radius 2 is 2.06 bits per heavy atom. The molecule has 2 aromatic heterocycles. The van der Waals surface area contributed by atoms with Crippen molar-refractivity contribution in [3.63, 3.8) is 0 Å². The number of rotatable bonds is 1. The number of halogens is 2. The Morgan fingerprint density at radius 1 is 1.22 bits per heavy atom. The molecule has 0 atom stereocenters. The van der Waals surface area contributed by atoms with Crippen LogP contribution in [0.25, 0.3) is 22.0 Å². The van der Waals surface area contributed by atoms with Crippen LogP contribution in [0.3, 0.4) is 0 Å². The number of hydrogen-bond donors (Lipinski definition) is 0. The maximum Gasteiger partial charge on any atom is 0.0873 e. The van der Waals surface area contributed by atoms with Gasteiger partial charge in [0, 0.05) is 44.4 Å². The van der Waals surface area contributed by atoms with E-state index in [0.717, 1.165) is 30.6 Å². The van der Waals surface area contributed by atoms with E-state index < -0.39 is 0 Å². The summed E-state index contributed by atoms with van der Waals surface area (Å²) in [6.07, 6.45) is 5.60. The van der Waals surface area contributed by atoms with Gasteiger partial charge in [-0.05, 0) is 28.7 Å². The summed E-state index contributed by atoms with van der Waals surface area (Å²) in [5.41, 5.74) is 1.96. The minimum atomic E-state index is 0.732. The number of benzene rings is 1. The third kappa shape index (κ3) is 1.89. The van der Waals surface area contributed by atoms with E-state index >= 15 is 0 Å². The predicted octanol–water partition coefficient (Wildman–Crippen LogP) is 3.89. The summed E-state index contributed by atoms with van der Waals surface area (Å²) in [5, 5.41) is 7.02. The molecule has 3 nitrogen and oxygen atoms in total. The molecule has 5 heteroatoms. The van der Waals surface area contributed by atoms with E-state index in [1.54, 1.807) is 4.68 Å². The van der Waals surface area contributed by atoms with Crippen molar-refractivity contribution in [2.45, 2.75) is 0 Å². The first-order valence-electron chi connectivity index (χ1n) is 5.38. The topological polar surface area (TPSA) is 30.7 Å². The minimum Gasteiger partial charge on any atom is -0.275 e. The maximum atomic E-state index is 6.17. The number of aryl methyl sites for hydroxylation is 1. The van der Waals surface area contributed by atoms with E-state index in [1.165, 1.54) is 0 Å². The molecule has 3 aromatic rings. The first-order chi connectivity index (χ1) is 8.66. The first-order valence-corrected chi connectivity index (χ1v) is 6.84. The summed E-state index contributed by atoms with van der Waals surface area (Å²) >= 11 is 8.48. The van der Waals surface area contributed by atoms with Gasteiger partial charge in [0.05, 0.1) is 11.9 Å². The average Bonchev–Trinajstić information content (AvgIpc) is 2.77. The fraction of sp³-hybridized carbons (Fsp3) is 0.0769. The van der Waals surface area contributed by atoms with Gasteiger partial charge in [-0.15, -0.1) is 0 Å². The highest BCUT2D eigenvalue weighted by Gasteiger charge is 2.11. The molecule has 1 aromatic carbocycles. The maximum absolute atomic E-state index is 6.17. The lowest BCUT2D eigenvalue weighted by Gasteiger charge is -2.06. The molecule has 0 bridgehead atoms. The molecule has 0 unspecified atom stereocenters. The van der Waals surface area contributed by atoms with Gasteiger partial charge in [0.2, 0.25) is 0 Å². The summed E-state index contributed by atoms with van der Waals surface area (Å²) in [7, 11) is 1.90. The Morgan fingerprint density at radius 3 is 2.78 bits per heavy atom. The summed E-state index contributed by atoms with van der Waals surface area (Å²) in [6, 6.07) is 5.90. The fourth-order valence-corrected chi connectivity index (χ4v) is 3.06. The van der Waals surface area contributed by atoms with Crippen molar-refractivity contribution < 1.29 is 0 Å². The second-order valence-electron chi connectivity index (χ2n) is 4.02. The zero-order chi connectivity index (χ0) is 12.7. The molecule has 0 aliphatic heterocycles. The molecule has 0 spiro atoms.